The molecule has 0 saturated heterocycles. The van der Waals surface area contributed by atoms with Gasteiger partial charge in [0.25, 0.3) is 0 Å². The summed E-state index contributed by atoms with van der Waals surface area (Å²) in [6.07, 6.45) is -0.946. The molecule has 118 valence electrons. The van der Waals surface area contributed by atoms with Gasteiger partial charge in [-0.05, 0) is 45.7 Å². The van der Waals surface area contributed by atoms with Crippen LogP contribution in [0.2, 0.25) is 0 Å². The van der Waals surface area contributed by atoms with E-state index in [9.17, 15) is 13.2 Å². The molecule has 1 saturated carbocycles. The van der Waals surface area contributed by atoms with E-state index in [0.717, 1.165) is 18.5 Å². The first-order valence-corrected chi connectivity index (χ1v) is 7.17. The first kappa shape index (κ1) is 16.1. The highest BCUT2D eigenvalue weighted by atomic mass is 19.4. The zero-order valence-corrected chi connectivity index (χ0v) is 12.7. The normalized spacial score (nSPS) is 16.1. The Kier molecular flexibility index (Phi) is 4.46. The summed E-state index contributed by atoms with van der Waals surface area (Å²) in [5, 5.41) is 3.29. The van der Waals surface area contributed by atoms with Gasteiger partial charge in [-0.3, -0.25) is 4.98 Å². The quantitative estimate of drug-likeness (QED) is 0.902. The van der Waals surface area contributed by atoms with Crippen molar-refractivity contribution in [1.82, 2.24) is 10.3 Å². The van der Waals surface area contributed by atoms with E-state index in [-0.39, 0.29) is 11.6 Å². The van der Waals surface area contributed by atoms with Crippen molar-refractivity contribution < 1.29 is 13.2 Å². The highest BCUT2D eigenvalue weighted by molar-refractivity contribution is 5.49. The van der Waals surface area contributed by atoms with Crippen LogP contribution in [0.25, 0.3) is 0 Å². The van der Waals surface area contributed by atoms with Gasteiger partial charge in [0.1, 0.15) is 6.54 Å². The number of anilines is 1. The van der Waals surface area contributed by atoms with Gasteiger partial charge in [0, 0.05) is 30.0 Å². The van der Waals surface area contributed by atoms with E-state index < -0.39 is 12.7 Å². The summed E-state index contributed by atoms with van der Waals surface area (Å²) in [5.41, 5.74) is 1.31. The molecular weight excluding hydrogens is 279 g/mol. The number of aromatic nitrogens is 1. The molecule has 0 bridgehead atoms. The van der Waals surface area contributed by atoms with E-state index >= 15 is 0 Å². The lowest BCUT2D eigenvalue weighted by molar-refractivity contribution is -0.120. The average Bonchev–Trinajstić information content (AvgIpc) is 3.16. The number of nitrogens with one attached hydrogen (secondary N) is 1. The third-order valence-electron chi connectivity index (χ3n) is 3.27. The van der Waals surface area contributed by atoms with Crippen LogP contribution in [-0.4, -0.2) is 29.3 Å². The molecule has 0 radical (unpaired) electrons. The first-order valence-electron chi connectivity index (χ1n) is 7.17. The van der Waals surface area contributed by atoms with Crippen molar-refractivity contribution >= 4 is 5.69 Å². The van der Waals surface area contributed by atoms with E-state index in [1.807, 2.05) is 20.8 Å². The van der Waals surface area contributed by atoms with Crippen LogP contribution in [0.5, 0.6) is 0 Å². The molecule has 3 nitrogen and oxygen atoms in total. The van der Waals surface area contributed by atoms with Crippen molar-refractivity contribution in [3.05, 3.63) is 24.0 Å². The maximum Gasteiger partial charge on any atom is 0.405 e. The van der Waals surface area contributed by atoms with Gasteiger partial charge in [-0.2, -0.15) is 13.2 Å². The van der Waals surface area contributed by atoms with Crippen molar-refractivity contribution in [3.63, 3.8) is 0 Å². The molecule has 1 aromatic rings. The van der Waals surface area contributed by atoms with E-state index in [4.69, 9.17) is 0 Å². The van der Waals surface area contributed by atoms with Crippen LogP contribution < -0.4 is 10.2 Å². The maximum atomic E-state index is 12.7. The maximum absolute atomic E-state index is 12.7. The molecule has 0 atom stereocenters. The van der Waals surface area contributed by atoms with Gasteiger partial charge in [-0.15, -0.1) is 0 Å². The lowest BCUT2D eigenvalue weighted by Crippen LogP contribution is -2.37. The van der Waals surface area contributed by atoms with E-state index in [1.165, 1.54) is 4.90 Å². The molecule has 0 unspecified atom stereocenters. The standard InChI is InChI=1S/C15H22F3N3/c1-14(2,3)20-9-11-8-13(6-7-19-11)21(12-4-5-12)10-15(16,17)18/h6-8,12,20H,4-5,9-10H2,1-3H3. The van der Waals surface area contributed by atoms with Gasteiger partial charge >= 0.3 is 6.18 Å². The second kappa shape index (κ2) is 5.83. The fourth-order valence-electron chi connectivity index (χ4n) is 2.11. The fourth-order valence-corrected chi connectivity index (χ4v) is 2.11. The lowest BCUT2D eigenvalue weighted by atomic mass is 10.1. The summed E-state index contributed by atoms with van der Waals surface area (Å²) in [7, 11) is 0. The fraction of sp³-hybridized carbons (Fsp3) is 0.667. The summed E-state index contributed by atoms with van der Waals surface area (Å²) in [6, 6.07) is 3.42. The summed E-state index contributed by atoms with van der Waals surface area (Å²) in [5.74, 6) is 0. The summed E-state index contributed by atoms with van der Waals surface area (Å²) in [4.78, 5) is 5.68. The Morgan fingerprint density at radius 2 is 1.95 bits per heavy atom. The highest BCUT2D eigenvalue weighted by Crippen LogP contribution is 2.34. The van der Waals surface area contributed by atoms with Crippen LogP contribution in [-0.2, 0) is 6.54 Å². The number of halogens is 3. The third-order valence-corrected chi connectivity index (χ3v) is 3.27. The Morgan fingerprint density at radius 1 is 1.29 bits per heavy atom. The monoisotopic (exact) mass is 301 g/mol. The molecule has 0 aliphatic heterocycles. The van der Waals surface area contributed by atoms with Gasteiger partial charge < -0.3 is 10.2 Å². The molecule has 1 aromatic heterocycles. The molecule has 0 amide bonds. The summed E-state index contributed by atoms with van der Waals surface area (Å²) < 4.78 is 38.1. The minimum Gasteiger partial charge on any atom is -0.359 e. The van der Waals surface area contributed by atoms with Gasteiger partial charge in [0.15, 0.2) is 0 Å². The van der Waals surface area contributed by atoms with Gasteiger partial charge in [-0.25, -0.2) is 0 Å². The molecule has 1 heterocycles. The van der Waals surface area contributed by atoms with Crippen LogP contribution in [0.3, 0.4) is 0 Å². The Labute approximate surface area is 123 Å². The van der Waals surface area contributed by atoms with Crippen molar-refractivity contribution in [1.29, 1.82) is 0 Å². The van der Waals surface area contributed by atoms with Crippen molar-refractivity contribution in [3.8, 4) is 0 Å². The first-order chi connectivity index (χ1) is 9.64. The summed E-state index contributed by atoms with van der Waals surface area (Å²) >= 11 is 0. The Hall–Kier alpha value is -1.30. The zero-order chi connectivity index (χ0) is 15.7. The van der Waals surface area contributed by atoms with Gasteiger partial charge in [-0.1, -0.05) is 0 Å². The number of rotatable bonds is 5. The van der Waals surface area contributed by atoms with Gasteiger partial charge in [0.2, 0.25) is 0 Å². The minimum atomic E-state index is -4.18. The number of nitrogens with zero attached hydrogens (tertiary/aromatic N) is 2. The number of hydrogen-bond acceptors (Lipinski definition) is 3. The smallest absolute Gasteiger partial charge is 0.359 e. The van der Waals surface area contributed by atoms with Gasteiger partial charge in [0.05, 0.1) is 5.69 Å². The molecule has 21 heavy (non-hydrogen) atoms. The number of alkyl halides is 3. The average molecular weight is 301 g/mol. The Morgan fingerprint density at radius 3 is 2.48 bits per heavy atom. The highest BCUT2D eigenvalue weighted by Gasteiger charge is 2.38. The minimum absolute atomic E-state index is 0.0115. The lowest BCUT2D eigenvalue weighted by Gasteiger charge is -2.26. The van der Waals surface area contributed by atoms with Crippen LogP contribution >= 0.6 is 0 Å². The predicted molar refractivity (Wildman–Crippen MR) is 77.3 cm³/mol. The SMILES string of the molecule is CC(C)(C)NCc1cc(N(CC(F)(F)F)C2CC2)ccn1. The van der Waals surface area contributed by atoms with Crippen LogP contribution in [0.4, 0.5) is 18.9 Å². The second-order valence-electron chi connectivity index (χ2n) is 6.58. The molecule has 0 aromatic carbocycles. The van der Waals surface area contributed by atoms with E-state index in [0.29, 0.717) is 12.2 Å². The molecule has 1 aliphatic rings. The molecule has 2 rings (SSSR count). The zero-order valence-electron chi connectivity index (χ0n) is 12.7. The molecule has 1 aliphatic carbocycles. The Bertz CT molecular complexity index is 476. The number of hydrogen-bond donors (Lipinski definition) is 1. The molecular formula is C15H22F3N3. The van der Waals surface area contributed by atoms with Crippen LogP contribution in [0, 0.1) is 0 Å². The molecule has 0 spiro atoms. The van der Waals surface area contributed by atoms with E-state index in [2.05, 4.69) is 10.3 Å². The van der Waals surface area contributed by atoms with E-state index in [1.54, 1.807) is 18.3 Å². The molecule has 1 fully saturated rings. The van der Waals surface area contributed by atoms with Crippen molar-refractivity contribution in [2.75, 3.05) is 11.4 Å². The molecule has 6 heteroatoms. The van der Waals surface area contributed by atoms with Crippen molar-refractivity contribution in [2.24, 2.45) is 0 Å². The second-order valence-corrected chi connectivity index (χ2v) is 6.58. The largest absolute Gasteiger partial charge is 0.405 e. The van der Waals surface area contributed by atoms with Crippen LogP contribution in [0.1, 0.15) is 39.3 Å². The van der Waals surface area contributed by atoms with Crippen LogP contribution in [0.15, 0.2) is 18.3 Å². The number of pyridine rings is 1. The Balaban J connectivity index is 2.10. The topological polar surface area (TPSA) is 28.2 Å². The summed E-state index contributed by atoms with van der Waals surface area (Å²) in [6.45, 7) is 5.76. The van der Waals surface area contributed by atoms with Crippen molar-refractivity contribution in [2.45, 2.75) is 57.9 Å². The third kappa shape index (κ3) is 5.53. The molecule has 1 N–H and O–H groups in total. The predicted octanol–water partition coefficient (Wildman–Crippen LogP) is 3.50.